The van der Waals surface area contributed by atoms with Crippen LogP contribution in [0, 0.1) is 6.92 Å². The highest BCUT2D eigenvalue weighted by atomic mass is 35.5. The second-order valence-corrected chi connectivity index (χ2v) is 8.14. The Morgan fingerprint density at radius 1 is 1.10 bits per heavy atom. The second kappa shape index (κ2) is 9.79. The Bertz CT molecular complexity index is 1060. The Labute approximate surface area is 188 Å². The van der Waals surface area contributed by atoms with E-state index in [-0.39, 0.29) is 6.04 Å². The van der Waals surface area contributed by atoms with E-state index in [1.807, 2.05) is 42.5 Å². The lowest BCUT2D eigenvalue weighted by Crippen LogP contribution is -2.46. The summed E-state index contributed by atoms with van der Waals surface area (Å²) in [6.07, 6.45) is 0.269. The maximum absolute atomic E-state index is 10.1. The summed E-state index contributed by atoms with van der Waals surface area (Å²) < 4.78 is 10.9. The summed E-state index contributed by atoms with van der Waals surface area (Å²) in [5.41, 5.74) is 5.81. The first-order valence-electron chi connectivity index (χ1n) is 10.5. The topological polar surface area (TPSA) is 63.6 Å². The van der Waals surface area contributed by atoms with Gasteiger partial charge < -0.3 is 19.9 Å². The van der Waals surface area contributed by atoms with Crippen molar-refractivity contribution in [2.45, 2.75) is 32.0 Å². The van der Waals surface area contributed by atoms with Gasteiger partial charge in [0.15, 0.2) is 0 Å². The number of hydrogen-bond donors (Lipinski definition) is 2. The van der Waals surface area contributed by atoms with Gasteiger partial charge in [-0.05, 0) is 30.5 Å². The highest BCUT2D eigenvalue weighted by Crippen LogP contribution is 2.37. The molecule has 31 heavy (non-hydrogen) atoms. The molecule has 1 fully saturated rings. The molecule has 1 aliphatic heterocycles. The number of aliphatic hydroxyl groups is 1. The van der Waals surface area contributed by atoms with Crippen molar-refractivity contribution in [3.8, 4) is 28.3 Å². The number of ether oxygens (including phenoxy) is 2. The van der Waals surface area contributed by atoms with E-state index in [1.165, 1.54) is 5.56 Å². The van der Waals surface area contributed by atoms with Crippen LogP contribution in [0.1, 0.15) is 17.5 Å². The number of aromatic nitrogens is 1. The maximum Gasteiger partial charge on any atom is 0.218 e. The number of aryl methyl sites for hydroxylation is 1. The van der Waals surface area contributed by atoms with E-state index in [1.54, 1.807) is 7.11 Å². The van der Waals surface area contributed by atoms with Crippen LogP contribution in [0.25, 0.3) is 22.4 Å². The molecule has 3 aromatic rings. The van der Waals surface area contributed by atoms with Crippen molar-refractivity contribution >= 4 is 11.6 Å². The number of pyridine rings is 1. The zero-order valence-electron chi connectivity index (χ0n) is 17.8. The van der Waals surface area contributed by atoms with Gasteiger partial charge in [-0.1, -0.05) is 60.1 Å². The molecule has 5 nitrogen and oxygen atoms in total. The van der Waals surface area contributed by atoms with Crippen LogP contribution in [0.4, 0.5) is 0 Å². The third-order valence-electron chi connectivity index (χ3n) is 5.72. The average molecular weight is 439 g/mol. The molecule has 1 saturated heterocycles. The molecule has 1 aromatic heterocycles. The standard InChI is InChI=1S/C25H27ClN2O3/c1-16-6-3-4-7-18(16)19-8-5-9-20(24(19)26)21-11-10-17(25(28-21)30-2)14-27-22-12-13-31-15-23(22)29/h3-11,22-23,27,29H,12-15H2,1-2H3/t22-,23+/m0/s1. The summed E-state index contributed by atoms with van der Waals surface area (Å²) in [4.78, 5) is 4.73. The van der Waals surface area contributed by atoms with Crippen molar-refractivity contribution in [1.29, 1.82) is 0 Å². The zero-order chi connectivity index (χ0) is 21.8. The summed E-state index contributed by atoms with van der Waals surface area (Å²) in [5.74, 6) is 0.545. The molecule has 2 aromatic carbocycles. The molecular formula is C25H27ClN2O3. The Balaban J connectivity index is 1.61. The first-order chi connectivity index (χ1) is 15.1. The normalized spacial score (nSPS) is 18.7. The molecular weight excluding hydrogens is 412 g/mol. The molecule has 1 aliphatic rings. The number of aliphatic hydroxyl groups excluding tert-OH is 1. The van der Waals surface area contributed by atoms with Crippen LogP contribution in [0.3, 0.4) is 0 Å². The van der Waals surface area contributed by atoms with Crippen molar-refractivity contribution in [1.82, 2.24) is 10.3 Å². The van der Waals surface area contributed by atoms with Crippen LogP contribution >= 0.6 is 11.6 Å². The van der Waals surface area contributed by atoms with Gasteiger partial charge in [-0.2, -0.15) is 0 Å². The second-order valence-electron chi connectivity index (χ2n) is 7.77. The van der Waals surface area contributed by atoms with Gasteiger partial charge in [0.25, 0.3) is 0 Å². The lowest BCUT2D eigenvalue weighted by Gasteiger charge is -2.28. The van der Waals surface area contributed by atoms with Gasteiger partial charge >= 0.3 is 0 Å². The molecule has 162 valence electrons. The average Bonchev–Trinajstić information content (AvgIpc) is 2.79. The number of methoxy groups -OCH3 is 1. The van der Waals surface area contributed by atoms with Crippen LogP contribution in [-0.4, -0.2) is 42.6 Å². The fourth-order valence-corrected chi connectivity index (χ4v) is 4.27. The molecule has 0 spiro atoms. The number of halogens is 1. The van der Waals surface area contributed by atoms with Gasteiger partial charge in [0, 0.05) is 35.9 Å². The molecule has 4 rings (SSSR count). The Morgan fingerprint density at radius 3 is 2.65 bits per heavy atom. The van der Waals surface area contributed by atoms with Crippen LogP contribution in [0.5, 0.6) is 5.88 Å². The largest absolute Gasteiger partial charge is 0.481 e. The lowest BCUT2D eigenvalue weighted by atomic mass is 9.97. The van der Waals surface area contributed by atoms with E-state index >= 15 is 0 Å². The third-order valence-corrected chi connectivity index (χ3v) is 6.13. The van der Waals surface area contributed by atoms with E-state index in [0.29, 0.717) is 30.7 Å². The molecule has 0 saturated carbocycles. The first-order valence-corrected chi connectivity index (χ1v) is 10.8. The van der Waals surface area contributed by atoms with Crippen molar-refractivity contribution < 1.29 is 14.6 Å². The fourth-order valence-electron chi connectivity index (χ4n) is 3.95. The number of nitrogens with zero attached hydrogens (tertiary/aromatic N) is 1. The van der Waals surface area contributed by atoms with Crippen LogP contribution in [0.2, 0.25) is 5.02 Å². The SMILES string of the molecule is COc1nc(-c2cccc(-c3ccccc3C)c2Cl)ccc1CN[C@H]1CCOC[C@H]1O. The molecule has 2 heterocycles. The first kappa shape index (κ1) is 21.8. The van der Waals surface area contributed by atoms with Gasteiger partial charge in [-0.25, -0.2) is 4.98 Å². The molecule has 0 bridgehead atoms. The predicted octanol–water partition coefficient (Wildman–Crippen LogP) is 4.63. The molecule has 0 amide bonds. The summed E-state index contributed by atoms with van der Waals surface area (Å²) in [5, 5.41) is 14.1. The smallest absolute Gasteiger partial charge is 0.218 e. The van der Waals surface area contributed by atoms with Gasteiger partial charge in [0.2, 0.25) is 5.88 Å². The molecule has 2 N–H and O–H groups in total. The number of nitrogens with one attached hydrogen (secondary N) is 1. The molecule has 0 radical (unpaired) electrons. The molecule has 6 heteroatoms. The highest BCUT2D eigenvalue weighted by Gasteiger charge is 2.23. The van der Waals surface area contributed by atoms with E-state index in [0.717, 1.165) is 34.4 Å². The Morgan fingerprint density at radius 2 is 1.87 bits per heavy atom. The summed E-state index contributed by atoms with van der Waals surface area (Å²) in [7, 11) is 1.62. The minimum atomic E-state index is -0.505. The van der Waals surface area contributed by atoms with Crippen molar-refractivity contribution in [2.24, 2.45) is 0 Å². The third kappa shape index (κ3) is 4.75. The zero-order valence-corrected chi connectivity index (χ0v) is 18.5. The molecule has 0 aliphatic carbocycles. The Hall–Kier alpha value is -2.44. The number of benzene rings is 2. The minimum Gasteiger partial charge on any atom is -0.481 e. The number of rotatable bonds is 6. The predicted molar refractivity (Wildman–Crippen MR) is 123 cm³/mol. The van der Waals surface area contributed by atoms with Crippen LogP contribution in [0.15, 0.2) is 54.6 Å². The monoisotopic (exact) mass is 438 g/mol. The summed E-state index contributed by atoms with van der Waals surface area (Å²) in [6, 6.07) is 18.2. The number of hydrogen-bond acceptors (Lipinski definition) is 5. The Kier molecular flexibility index (Phi) is 6.88. The van der Waals surface area contributed by atoms with E-state index in [4.69, 9.17) is 26.1 Å². The summed E-state index contributed by atoms with van der Waals surface area (Å²) >= 11 is 6.83. The van der Waals surface area contributed by atoms with Gasteiger partial charge in [-0.15, -0.1) is 0 Å². The fraction of sp³-hybridized carbons (Fsp3) is 0.320. The van der Waals surface area contributed by atoms with E-state index < -0.39 is 6.10 Å². The van der Waals surface area contributed by atoms with E-state index in [9.17, 15) is 5.11 Å². The van der Waals surface area contributed by atoms with Gasteiger partial charge in [0.1, 0.15) is 0 Å². The van der Waals surface area contributed by atoms with Gasteiger partial charge in [0.05, 0.1) is 30.5 Å². The minimum absolute atomic E-state index is 0.00151. The van der Waals surface area contributed by atoms with Crippen molar-refractivity contribution in [3.63, 3.8) is 0 Å². The molecule has 0 unspecified atom stereocenters. The van der Waals surface area contributed by atoms with E-state index in [2.05, 4.69) is 24.4 Å². The maximum atomic E-state index is 10.1. The van der Waals surface area contributed by atoms with Crippen LogP contribution in [-0.2, 0) is 11.3 Å². The highest BCUT2D eigenvalue weighted by molar-refractivity contribution is 6.36. The van der Waals surface area contributed by atoms with Gasteiger partial charge in [-0.3, -0.25) is 0 Å². The van der Waals surface area contributed by atoms with Crippen molar-refractivity contribution in [2.75, 3.05) is 20.3 Å². The lowest BCUT2D eigenvalue weighted by molar-refractivity contribution is -0.0281. The summed E-state index contributed by atoms with van der Waals surface area (Å²) in [6.45, 7) is 3.65. The van der Waals surface area contributed by atoms with Crippen LogP contribution < -0.4 is 10.1 Å². The molecule has 2 atom stereocenters. The quantitative estimate of drug-likeness (QED) is 0.587. The van der Waals surface area contributed by atoms with Crippen molar-refractivity contribution in [3.05, 3.63) is 70.7 Å².